The molecule has 1 atom stereocenters. The Hall–Kier alpha value is -0.650. The number of nitro groups is 1. The summed E-state index contributed by atoms with van der Waals surface area (Å²) in [5.41, 5.74) is 1.07. The largest absolute Gasteiger partial charge is 0.324 e. The van der Waals surface area contributed by atoms with Crippen LogP contribution in [0.3, 0.4) is 0 Å². The number of rotatable bonds is 2. The summed E-state index contributed by atoms with van der Waals surface area (Å²) >= 11 is 1.21. The van der Waals surface area contributed by atoms with Gasteiger partial charge in [0.2, 0.25) is 0 Å². The van der Waals surface area contributed by atoms with E-state index in [0.29, 0.717) is 6.04 Å². The predicted octanol–water partition coefficient (Wildman–Crippen LogP) is 2.89. The Morgan fingerprint density at radius 1 is 1.53 bits per heavy atom. The van der Waals surface area contributed by atoms with E-state index in [4.69, 9.17) is 0 Å². The quantitative estimate of drug-likeness (QED) is 0.647. The van der Waals surface area contributed by atoms with E-state index in [2.05, 4.69) is 5.32 Å². The summed E-state index contributed by atoms with van der Waals surface area (Å²) in [6.45, 7) is 1.02. The molecular formula is C9H13ClN2O2S. The molecule has 0 amide bonds. The van der Waals surface area contributed by atoms with Crippen molar-refractivity contribution >= 4 is 28.7 Å². The summed E-state index contributed by atoms with van der Waals surface area (Å²) in [5, 5.41) is 16.0. The van der Waals surface area contributed by atoms with Crippen molar-refractivity contribution < 1.29 is 4.92 Å². The van der Waals surface area contributed by atoms with Crippen molar-refractivity contribution in [3.8, 4) is 0 Å². The molecule has 1 N–H and O–H groups in total. The predicted molar refractivity (Wildman–Crippen MR) is 62.8 cm³/mol. The molecule has 1 aliphatic rings. The van der Waals surface area contributed by atoms with E-state index in [1.165, 1.54) is 24.2 Å². The Morgan fingerprint density at radius 3 is 2.87 bits per heavy atom. The van der Waals surface area contributed by atoms with Crippen LogP contribution in [0.15, 0.2) is 11.4 Å². The normalized spacial score (nSPS) is 20.7. The van der Waals surface area contributed by atoms with Gasteiger partial charge in [0.05, 0.1) is 4.92 Å². The van der Waals surface area contributed by atoms with Crippen LogP contribution >= 0.6 is 23.7 Å². The first-order chi connectivity index (χ1) is 6.77. The summed E-state index contributed by atoms with van der Waals surface area (Å²) in [5.74, 6) is 0. The summed E-state index contributed by atoms with van der Waals surface area (Å²) in [6.07, 6.45) is 3.51. The molecule has 1 fully saturated rings. The Morgan fingerprint density at radius 2 is 2.33 bits per heavy atom. The van der Waals surface area contributed by atoms with E-state index < -0.39 is 0 Å². The van der Waals surface area contributed by atoms with Crippen molar-refractivity contribution in [1.82, 2.24) is 5.32 Å². The fourth-order valence-electron chi connectivity index (χ4n) is 1.75. The maximum Gasteiger partial charge on any atom is 0.324 e. The van der Waals surface area contributed by atoms with Crippen molar-refractivity contribution in [1.29, 1.82) is 0 Å². The third-order valence-corrected chi connectivity index (χ3v) is 3.40. The van der Waals surface area contributed by atoms with Crippen molar-refractivity contribution in [2.75, 3.05) is 6.54 Å². The second-order valence-corrected chi connectivity index (χ2v) is 4.37. The SMILES string of the molecule is Cl.O=[N+]([O-])c1cc([C@@H]2CCCCN2)cs1. The van der Waals surface area contributed by atoms with Gasteiger partial charge in [0.15, 0.2) is 0 Å². The highest BCUT2D eigenvalue weighted by Crippen LogP contribution is 2.30. The first kappa shape index (κ1) is 12.4. The molecule has 1 aliphatic heterocycles. The molecule has 0 bridgehead atoms. The minimum absolute atomic E-state index is 0. The number of nitrogens with zero attached hydrogens (tertiary/aromatic N) is 1. The minimum atomic E-state index is -0.322. The molecule has 2 heterocycles. The van der Waals surface area contributed by atoms with Crippen LogP contribution in [0, 0.1) is 10.1 Å². The van der Waals surface area contributed by atoms with Crippen LogP contribution in [0.25, 0.3) is 0 Å². The van der Waals surface area contributed by atoms with E-state index in [0.717, 1.165) is 18.5 Å². The van der Waals surface area contributed by atoms with Gasteiger partial charge in [-0.15, -0.1) is 12.4 Å². The Kier molecular flexibility index (Phi) is 4.50. The van der Waals surface area contributed by atoms with E-state index in [1.807, 2.05) is 5.38 Å². The monoisotopic (exact) mass is 248 g/mol. The molecule has 84 valence electrons. The fraction of sp³-hybridized carbons (Fsp3) is 0.556. The van der Waals surface area contributed by atoms with Gasteiger partial charge in [-0.2, -0.15) is 0 Å². The van der Waals surface area contributed by atoms with Crippen LogP contribution in [0.5, 0.6) is 0 Å². The molecule has 0 aliphatic carbocycles. The highest BCUT2D eigenvalue weighted by molar-refractivity contribution is 7.13. The lowest BCUT2D eigenvalue weighted by atomic mass is 10.00. The van der Waals surface area contributed by atoms with E-state index >= 15 is 0 Å². The van der Waals surface area contributed by atoms with E-state index in [-0.39, 0.29) is 22.3 Å². The number of hydrogen-bond acceptors (Lipinski definition) is 4. The standard InChI is InChI=1S/C9H12N2O2S.ClH/c12-11(13)9-5-7(6-14-9)8-3-1-2-4-10-8;/h5-6,8,10H,1-4H2;1H/t8-;/m0./s1. The van der Waals surface area contributed by atoms with Gasteiger partial charge in [0.1, 0.15) is 0 Å². The minimum Gasteiger partial charge on any atom is -0.310 e. The molecule has 0 aromatic carbocycles. The topological polar surface area (TPSA) is 55.2 Å². The van der Waals surface area contributed by atoms with Crippen LogP contribution in [0.2, 0.25) is 0 Å². The first-order valence-electron chi connectivity index (χ1n) is 4.73. The zero-order chi connectivity index (χ0) is 9.97. The van der Waals surface area contributed by atoms with Gasteiger partial charge in [0.25, 0.3) is 0 Å². The van der Waals surface area contributed by atoms with E-state index in [1.54, 1.807) is 6.07 Å². The molecule has 0 spiro atoms. The van der Waals surface area contributed by atoms with Crippen LogP contribution in [-0.2, 0) is 0 Å². The van der Waals surface area contributed by atoms with Crippen LogP contribution in [0.4, 0.5) is 5.00 Å². The fourth-order valence-corrected chi connectivity index (χ4v) is 2.53. The average Bonchev–Trinajstić information content (AvgIpc) is 2.68. The summed E-state index contributed by atoms with van der Waals surface area (Å²) in [4.78, 5) is 10.2. The molecular weight excluding hydrogens is 236 g/mol. The van der Waals surface area contributed by atoms with Gasteiger partial charge in [0, 0.05) is 17.5 Å². The van der Waals surface area contributed by atoms with Gasteiger partial charge < -0.3 is 5.32 Å². The van der Waals surface area contributed by atoms with Crippen molar-refractivity contribution in [2.45, 2.75) is 25.3 Å². The van der Waals surface area contributed by atoms with Gasteiger partial charge in [-0.1, -0.05) is 17.8 Å². The van der Waals surface area contributed by atoms with Gasteiger partial charge >= 0.3 is 5.00 Å². The summed E-state index contributed by atoms with van der Waals surface area (Å²) in [6, 6.07) is 2.02. The van der Waals surface area contributed by atoms with Gasteiger partial charge in [-0.3, -0.25) is 10.1 Å². The number of nitrogens with one attached hydrogen (secondary N) is 1. The van der Waals surface area contributed by atoms with Crippen molar-refractivity contribution in [2.24, 2.45) is 0 Å². The van der Waals surface area contributed by atoms with Crippen LogP contribution < -0.4 is 5.32 Å². The lowest BCUT2D eigenvalue weighted by molar-refractivity contribution is -0.380. The molecule has 15 heavy (non-hydrogen) atoms. The lowest BCUT2D eigenvalue weighted by Crippen LogP contribution is -2.26. The average molecular weight is 249 g/mol. The summed E-state index contributed by atoms with van der Waals surface area (Å²) < 4.78 is 0. The Bertz CT molecular complexity index is 337. The molecule has 1 aromatic rings. The van der Waals surface area contributed by atoms with Gasteiger partial charge in [-0.05, 0) is 24.9 Å². The Labute approximate surface area is 98.2 Å². The molecule has 6 heteroatoms. The third-order valence-electron chi connectivity index (χ3n) is 2.50. The van der Waals surface area contributed by atoms with Crippen LogP contribution in [-0.4, -0.2) is 11.5 Å². The zero-order valence-electron chi connectivity index (χ0n) is 8.14. The third kappa shape index (κ3) is 2.90. The molecule has 1 aromatic heterocycles. The number of halogens is 1. The highest BCUT2D eigenvalue weighted by Gasteiger charge is 2.18. The summed E-state index contributed by atoms with van der Waals surface area (Å²) in [7, 11) is 0. The number of piperidine rings is 1. The van der Waals surface area contributed by atoms with Crippen molar-refractivity contribution in [3.63, 3.8) is 0 Å². The van der Waals surface area contributed by atoms with Crippen molar-refractivity contribution in [3.05, 3.63) is 27.1 Å². The lowest BCUT2D eigenvalue weighted by Gasteiger charge is -2.22. The number of thiophene rings is 1. The maximum absolute atomic E-state index is 10.5. The molecule has 4 nitrogen and oxygen atoms in total. The smallest absolute Gasteiger partial charge is 0.310 e. The van der Waals surface area contributed by atoms with Crippen LogP contribution in [0.1, 0.15) is 30.9 Å². The molecule has 1 saturated heterocycles. The first-order valence-corrected chi connectivity index (χ1v) is 5.61. The zero-order valence-corrected chi connectivity index (χ0v) is 9.77. The molecule has 0 radical (unpaired) electrons. The van der Waals surface area contributed by atoms with E-state index in [9.17, 15) is 10.1 Å². The molecule has 2 rings (SSSR count). The van der Waals surface area contributed by atoms with Gasteiger partial charge in [-0.25, -0.2) is 0 Å². The Balaban J connectivity index is 0.00000112. The maximum atomic E-state index is 10.5. The number of hydrogen-bond donors (Lipinski definition) is 1. The second kappa shape index (κ2) is 5.44. The molecule has 0 saturated carbocycles. The second-order valence-electron chi connectivity index (χ2n) is 3.48. The molecule has 0 unspecified atom stereocenters. The highest BCUT2D eigenvalue weighted by atomic mass is 35.5.